The molecule has 6 heteroatoms. The van der Waals surface area contributed by atoms with Gasteiger partial charge in [0.1, 0.15) is 17.2 Å². The van der Waals surface area contributed by atoms with E-state index in [1.165, 1.54) is 24.0 Å². The highest BCUT2D eigenvalue weighted by Crippen LogP contribution is 2.37. The van der Waals surface area contributed by atoms with Gasteiger partial charge in [0.25, 0.3) is 0 Å². The van der Waals surface area contributed by atoms with Gasteiger partial charge in [-0.1, -0.05) is 17.7 Å². The molecule has 2 aromatic heterocycles. The fourth-order valence-corrected chi connectivity index (χ4v) is 2.82. The van der Waals surface area contributed by atoms with Gasteiger partial charge < -0.3 is 10.6 Å². The van der Waals surface area contributed by atoms with Crippen molar-refractivity contribution in [3.8, 4) is 0 Å². The molecule has 2 aromatic rings. The molecule has 2 heterocycles. The van der Waals surface area contributed by atoms with E-state index in [-0.39, 0.29) is 0 Å². The molecule has 1 aliphatic carbocycles. The number of nitrogen functional groups attached to an aromatic ring is 1. The zero-order valence-corrected chi connectivity index (χ0v) is 11.3. The van der Waals surface area contributed by atoms with Crippen molar-refractivity contribution in [2.24, 2.45) is 0 Å². The van der Waals surface area contributed by atoms with Gasteiger partial charge in [-0.3, -0.25) is 0 Å². The van der Waals surface area contributed by atoms with Crippen LogP contribution in [0.2, 0.25) is 5.02 Å². The van der Waals surface area contributed by atoms with Gasteiger partial charge in [-0.15, -0.1) is 11.3 Å². The number of hydrogen-bond acceptors (Lipinski definition) is 5. The monoisotopic (exact) mass is 280 g/mol. The third-order valence-corrected chi connectivity index (χ3v) is 4.19. The van der Waals surface area contributed by atoms with Crippen LogP contribution in [-0.2, 0) is 6.54 Å². The van der Waals surface area contributed by atoms with Crippen molar-refractivity contribution in [1.29, 1.82) is 0 Å². The van der Waals surface area contributed by atoms with Crippen LogP contribution in [0.15, 0.2) is 23.8 Å². The lowest BCUT2D eigenvalue weighted by Gasteiger charge is -2.23. The number of nitrogens with two attached hydrogens (primary N) is 1. The van der Waals surface area contributed by atoms with Gasteiger partial charge in [0.2, 0.25) is 0 Å². The number of anilines is 2. The highest BCUT2D eigenvalue weighted by molar-refractivity contribution is 7.09. The molecule has 0 saturated heterocycles. The predicted molar refractivity (Wildman–Crippen MR) is 75.0 cm³/mol. The van der Waals surface area contributed by atoms with Crippen LogP contribution in [0.5, 0.6) is 0 Å². The van der Waals surface area contributed by atoms with Crippen molar-refractivity contribution < 1.29 is 0 Å². The lowest BCUT2D eigenvalue weighted by Crippen LogP contribution is -2.26. The quantitative estimate of drug-likeness (QED) is 0.935. The molecule has 0 bridgehead atoms. The summed E-state index contributed by atoms with van der Waals surface area (Å²) in [6.07, 6.45) is 3.84. The van der Waals surface area contributed by atoms with E-state index in [9.17, 15) is 0 Å². The van der Waals surface area contributed by atoms with Gasteiger partial charge in [0.15, 0.2) is 5.82 Å². The summed E-state index contributed by atoms with van der Waals surface area (Å²) >= 11 is 7.95. The molecule has 0 radical (unpaired) electrons. The summed E-state index contributed by atoms with van der Waals surface area (Å²) in [4.78, 5) is 11.7. The molecule has 4 nitrogen and oxygen atoms in total. The first-order chi connectivity index (χ1) is 8.75. The second kappa shape index (κ2) is 4.74. The number of hydrogen-bond donors (Lipinski definition) is 1. The minimum absolute atomic E-state index is 0.346. The van der Waals surface area contributed by atoms with Crippen molar-refractivity contribution >= 4 is 34.6 Å². The van der Waals surface area contributed by atoms with Crippen molar-refractivity contribution in [3.05, 3.63) is 33.7 Å². The van der Waals surface area contributed by atoms with E-state index >= 15 is 0 Å². The maximum absolute atomic E-state index is 6.21. The van der Waals surface area contributed by atoms with Gasteiger partial charge >= 0.3 is 0 Å². The SMILES string of the molecule is Nc1ncnc(N(Cc2cccs2)C2CC2)c1Cl. The minimum atomic E-state index is 0.346. The molecule has 0 unspecified atom stereocenters. The average Bonchev–Trinajstić information content (AvgIpc) is 3.08. The van der Waals surface area contributed by atoms with E-state index in [1.807, 2.05) is 0 Å². The van der Waals surface area contributed by atoms with E-state index in [1.54, 1.807) is 11.3 Å². The Balaban J connectivity index is 1.91. The molecular formula is C12H13ClN4S. The summed E-state index contributed by atoms with van der Waals surface area (Å²) in [6, 6.07) is 4.71. The van der Waals surface area contributed by atoms with Crippen LogP contribution in [0.25, 0.3) is 0 Å². The summed E-state index contributed by atoms with van der Waals surface area (Å²) in [6.45, 7) is 0.832. The minimum Gasteiger partial charge on any atom is -0.382 e. The summed E-state index contributed by atoms with van der Waals surface area (Å²) in [5.74, 6) is 1.10. The normalized spacial score (nSPS) is 14.7. The Morgan fingerprint density at radius 3 is 2.94 bits per heavy atom. The Bertz CT molecular complexity index is 539. The molecule has 2 N–H and O–H groups in total. The molecular weight excluding hydrogens is 268 g/mol. The smallest absolute Gasteiger partial charge is 0.153 e. The Labute approximate surface area is 114 Å². The van der Waals surface area contributed by atoms with Crippen LogP contribution in [0.1, 0.15) is 17.7 Å². The molecule has 0 aromatic carbocycles. The first-order valence-corrected chi connectivity index (χ1v) is 7.06. The standard InChI is InChI=1S/C12H13ClN4S/c13-10-11(14)15-7-16-12(10)17(8-3-4-8)6-9-2-1-5-18-9/h1-2,5,7-8H,3-4,6H2,(H2,14,15,16). The average molecular weight is 281 g/mol. The van der Waals surface area contributed by atoms with Crippen molar-refractivity contribution in [2.75, 3.05) is 10.6 Å². The van der Waals surface area contributed by atoms with Crippen molar-refractivity contribution in [1.82, 2.24) is 9.97 Å². The fraction of sp³-hybridized carbons (Fsp3) is 0.333. The highest BCUT2D eigenvalue weighted by atomic mass is 35.5. The number of rotatable bonds is 4. The largest absolute Gasteiger partial charge is 0.382 e. The lowest BCUT2D eigenvalue weighted by atomic mass is 10.3. The number of halogens is 1. The Morgan fingerprint density at radius 2 is 2.28 bits per heavy atom. The topological polar surface area (TPSA) is 55.0 Å². The van der Waals surface area contributed by atoms with Gasteiger partial charge in [0, 0.05) is 10.9 Å². The van der Waals surface area contributed by atoms with Crippen LogP contribution in [0.3, 0.4) is 0 Å². The van der Waals surface area contributed by atoms with E-state index < -0.39 is 0 Å². The summed E-state index contributed by atoms with van der Waals surface area (Å²) in [5, 5.41) is 2.54. The molecule has 0 amide bonds. The fourth-order valence-electron chi connectivity index (χ4n) is 1.91. The summed E-state index contributed by atoms with van der Waals surface area (Å²) in [7, 11) is 0. The Morgan fingerprint density at radius 1 is 1.44 bits per heavy atom. The second-order valence-electron chi connectivity index (χ2n) is 4.33. The van der Waals surface area contributed by atoms with Crippen LogP contribution >= 0.6 is 22.9 Å². The Kier molecular flexibility index (Phi) is 3.09. The molecule has 1 fully saturated rings. The second-order valence-corrected chi connectivity index (χ2v) is 5.75. The van der Waals surface area contributed by atoms with E-state index in [2.05, 4.69) is 32.4 Å². The molecule has 18 heavy (non-hydrogen) atoms. The highest BCUT2D eigenvalue weighted by Gasteiger charge is 2.32. The lowest BCUT2D eigenvalue weighted by molar-refractivity contribution is 0.784. The van der Waals surface area contributed by atoms with E-state index in [0.29, 0.717) is 16.9 Å². The van der Waals surface area contributed by atoms with Gasteiger partial charge in [-0.05, 0) is 24.3 Å². The van der Waals surface area contributed by atoms with Gasteiger partial charge in [-0.2, -0.15) is 0 Å². The van der Waals surface area contributed by atoms with Crippen LogP contribution in [0.4, 0.5) is 11.6 Å². The zero-order valence-electron chi connectivity index (χ0n) is 9.71. The third-order valence-electron chi connectivity index (χ3n) is 2.96. The van der Waals surface area contributed by atoms with Crippen LogP contribution < -0.4 is 10.6 Å². The number of aromatic nitrogens is 2. The molecule has 0 spiro atoms. The first kappa shape index (κ1) is 11.7. The van der Waals surface area contributed by atoms with E-state index in [4.69, 9.17) is 17.3 Å². The molecule has 0 atom stereocenters. The summed E-state index contributed by atoms with van der Waals surface area (Å²) < 4.78 is 0. The maximum Gasteiger partial charge on any atom is 0.153 e. The number of nitrogens with zero attached hydrogens (tertiary/aromatic N) is 3. The predicted octanol–water partition coefficient (Wildman–Crippen LogP) is 2.94. The maximum atomic E-state index is 6.21. The third kappa shape index (κ3) is 2.28. The van der Waals surface area contributed by atoms with Crippen molar-refractivity contribution in [2.45, 2.75) is 25.4 Å². The van der Waals surface area contributed by atoms with Crippen LogP contribution in [-0.4, -0.2) is 16.0 Å². The van der Waals surface area contributed by atoms with Gasteiger partial charge in [0.05, 0.1) is 6.54 Å². The van der Waals surface area contributed by atoms with Crippen molar-refractivity contribution in [3.63, 3.8) is 0 Å². The van der Waals surface area contributed by atoms with Gasteiger partial charge in [-0.25, -0.2) is 9.97 Å². The summed E-state index contributed by atoms with van der Waals surface area (Å²) in [5.41, 5.74) is 5.75. The molecule has 0 aliphatic heterocycles. The molecule has 1 aliphatic rings. The van der Waals surface area contributed by atoms with Crippen LogP contribution in [0, 0.1) is 0 Å². The zero-order chi connectivity index (χ0) is 12.5. The first-order valence-electron chi connectivity index (χ1n) is 5.80. The molecule has 3 rings (SSSR count). The number of thiophene rings is 1. The molecule has 1 saturated carbocycles. The molecule has 94 valence electrons. The Hall–Kier alpha value is -1.33. The van der Waals surface area contributed by atoms with E-state index in [0.717, 1.165) is 12.4 Å².